The summed E-state index contributed by atoms with van der Waals surface area (Å²) in [5.41, 5.74) is 3.36. The van der Waals surface area contributed by atoms with Gasteiger partial charge in [-0.3, -0.25) is 4.79 Å². The lowest BCUT2D eigenvalue weighted by atomic mass is 9.96. The van der Waals surface area contributed by atoms with E-state index in [4.69, 9.17) is 4.74 Å². The monoisotopic (exact) mass is 467 g/mol. The van der Waals surface area contributed by atoms with Crippen molar-refractivity contribution in [1.82, 2.24) is 9.47 Å². The van der Waals surface area contributed by atoms with Crippen LogP contribution in [0.1, 0.15) is 38.7 Å². The van der Waals surface area contributed by atoms with E-state index >= 15 is 0 Å². The Bertz CT molecular complexity index is 1540. The van der Waals surface area contributed by atoms with Crippen LogP contribution in [0, 0.1) is 0 Å². The Morgan fingerprint density at radius 1 is 1.03 bits per heavy atom. The number of hydrogen-bond donors (Lipinski definition) is 1. The van der Waals surface area contributed by atoms with Gasteiger partial charge in [-0.2, -0.15) is 0 Å². The third kappa shape index (κ3) is 3.88. The molecule has 35 heavy (non-hydrogen) atoms. The molecule has 0 saturated carbocycles. The summed E-state index contributed by atoms with van der Waals surface area (Å²) in [7, 11) is 2.06. The number of fused-ring (bicyclic) bond motifs is 5. The summed E-state index contributed by atoms with van der Waals surface area (Å²) >= 11 is 0. The second-order valence-electron chi connectivity index (χ2n) is 10.5. The molecule has 5 nitrogen and oxygen atoms in total. The van der Waals surface area contributed by atoms with Gasteiger partial charge in [0.1, 0.15) is 11.4 Å². The third-order valence-electron chi connectivity index (χ3n) is 7.55. The van der Waals surface area contributed by atoms with Gasteiger partial charge in [0.2, 0.25) is 0 Å². The minimum Gasteiger partial charge on any atom is -0.483 e. The van der Waals surface area contributed by atoms with Crippen molar-refractivity contribution in [2.24, 2.45) is 7.05 Å². The predicted molar refractivity (Wildman–Crippen MR) is 147 cm³/mol. The highest BCUT2D eigenvalue weighted by Gasteiger charge is 2.27. The first-order chi connectivity index (χ1) is 16.9. The molecule has 1 saturated heterocycles. The summed E-state index contributed by atoms with van der Waals surface area (Å²) < 4.78 is 8.55. The second kappa shape index (κ2) is 8.42. The molecule has 2 aliphatic heterocycles. The lowest BCUT2D eigenvalue weighted by Gasteiger charge is -2.30. The summed E-state index contributed by atoms with van der Waals surface area (Å²) in [5, 5.41) is 7.32. The average Bonchev–Trinajstić information content (AvgIpc) is 2.85. The van der Waals surface area contributed by atoms with Crippen molar-refractivity contribution in [3.05, 3.63) is 64.3 Å². The number of aromatic nitrogens is 1. The van der Waals surface area contributed by atoms with E-state index in [9.17, 15) is 4.79 Å². The van der Waals surface area contributed by atoms with E-state index in [1.165, 1.54) is 19.3 Å². The molecule has 0 atom stereocenters. The number of nitrogens with one attached hydrogen (secondary N) is 1. The lowest BCUT2D eigenvalue weighted by molar-refractivity contribution is 0.159. The van der Waals surface area contributed by atoms with Gasteiger partial charge in [0.05, 0.1) is 22.1 Å². The molecule has 180 valence electrons. The van der Waals surface area contributed by atoms with Crippen LogP contribution >= 0.6 is 0 Å². The van der Waals surface area contributed by atoms with E-state index in [0.29, 0.717) is 0 Å². The summed E-state index contributed by atoms with van der Waals surface area (Å²) in [4.78, 5) is 16.6. The van der Waals surface area contributed by atoms with Gasteiger partial charge >= 0.3 is 0 Å². The molecule has 0 spiro atoms. The molecule has 1 aromatic heterocycles. The van der Waals surface area contributed by atoms with Crippen LogP contribution in [0.2, 0.25) is 0 Å². The maximum atomic E-state index is 14.1. The number of benzene rings is 3. The van der Waals surface area contributed by atoms with Crippen LogP contribution in [-0.2, 0) is 7.05 Å². The molecule has 0 amide bonds. The first-order valence-corrected chi connectivity index (χ1v) is 12.8. The average molecular weight is 468 g/mol. The largest absolute Gasteiger partial charge is 0.483 e. The fourth-order valence-corrected chi connectivity index (χ4v) is 5.70. The first kappa shape index (κ1) is 22.2. The van der Waals surface area contributed by atoms with E-state index in [-0.39, 0.29) is 5.43 Å². The van der Waals surface area contributed by atoms with E-state index in [0.717, 1.165) is 75.8 Å². The minimum absolute atomic E-state index is 0.0698. The predicted octanol–water partition coefficient (Wildman–Crippen LogP) is 5.93. The summed E-state index contributed by atoms with van der Waals surface area (Å²) in [6, 6.07) is 14.4. The number of rotatable bonds is 4. The molecule has 3 heterocycles. The number of ether oxygens (including phenoxy) is 1. The zero-order valence-corrected chi connectivity index (χ0v) is 20.9. The number of pyridine rings is 1. The van der Waals surface area contributed by atoms with Crippen LogP contribution < -0.4 is 15.5 Å². The molecule has 6 rings (SSSR count). The van der Waals surface area contributed by atoms with E-state index in [2.05, 4.69) is 66.0 Å². The van der Waals surface area contributed by atoms with Gasteiger partial charge in [0.15, 0.2) is 5.43 Å². The van der Waals surface area contributed by atoms with E-state index in [1.54, 1.807) is 0 Å². The number of likely N-dealkylation sites (tertiary alicyclic amines) is 1. The fourth-order valence-electron chi connectivity index (χ4n) is 5.70. The zero-order chi connectivity index (χ0) is 24.2. The highest BCUT2D eigenvalue weighted by molar-refractivity contribution is 6.08. The van der Waals surface area contributed by atoms with E-state index < -0.39 is 5.60 Å². The number of nitrogens with zero attached hydrogens (tertiary/aromatic N) is 2. The molecular formula is C30H33N3O2. The molecule has 0 radical (unpaired) electrons. The quantitative estimate of drug-likeness (QED) is 0.378. The van der Waals surface area contributed by atoms with Gasteiger partial charge in [-0.25, -0.2) is 0 Å². The van der Waals surface area contributed by atoms with Crippen LogP contribution in [-0.4, -0.2) is 41.2 Å². The van der Waals surface area contributed by atoms with Crippen molar-refractivity contribution in [2.45, 2.75) is 38.7 Å². The van der Waals surface area contributed by atoms with Crippen molar-refractivity contribution < 1.29 is 4.74 Å². The number of hydrogen-bond acceptors (Lipinski definition) is 4. The van der Waals surface area contributed by atoms with Crippen LogP contribution in [0.3, 0.4) is 0 Å². The summed E-state index contributed by atoms with van der Waals surface area (Å²) in [6.07, 6.45) is 8.07. The summed E-state index contributed by atoms with van der Waals surface area (Å²) in [6.45, 7) is 8.22. The topological polar surface area (TPSA) is 46.5 Å². The Kier molecular flexibility index (Phi) is 5.33. The normalized spacial score (nSPS) is 17.6. The molecule has 3 aromatic carbocycles. The number of anilines is 1. The minimum atomic E-state index is -0.391. The van der Waals surface area contributed by atoms with Crippen molar-refractivity contribution >= 4 is 44.3 Å². The highest BCUT2D eigenvalue weighted by Crippen LogP contribution is 2.40. The molecule has 0 aliphatic carbocycles. The van der Waals surface area contributed by atoms with Gasteiger partial charge in [-0.05, 0) is 74.8 Å². The standard InChI is InChI=1S/C30H33N3O2/c1-30(2)12-11-22-26(35-30)19-24(31-13-16-33-14-7-4-8-15-33)27-28(22)32(3)25-18-21-10-6-5-9-20(21)17-23(25)29(27)34/h5-6,9-12,17-19,31H,4,7-8,13-16H2,1-3H3. The molecule has 4 aromatic rings. The maximum absolute atomic E-state index is 14.1. The fraction of sp³-hybridized carbons (Fsp3) is 0.367. The van der Waals surface area contributed by atoms with E-state index in [1.807, 2.05) is 24.3 Å². The first-order valence-electron chi connectivity index (χ1n) is 12.8. The molecule has 1 fully saturated rings. The van der Waals surface area contributed by atoms with Crippen molar-refractivity contribution in [2.75, 3.05) is 31.5 Å². The Morgan fingerprint density at radius 3 is 2.54 bits per heavy atom. The molecule has 2 aliphatic rings. The van der Waals surface area contributed by atoms with Crippen LogP contribution in [0.25, 0.3) is 38.7 Å². The second-order valence-corrected chi connectivity index (χ2v) is 10.5. The molecule has 0 bridgehead atoms. The Balaban J connectivity index is 1.56. The zero-order valence-electron chi connectivity index (χ0n) is 20.9. The van der Waals surface area contributed by atoms with Crippen molar-refractivity contribution in [3.8, 4) is 5.75 Å². The maximum Gasteiger partial charge on any atom is 0.199 e. The van der Waals surface area contributed by atoms with Crippen LogP contribution in [0.15, 0.2) is 53.3 Å². The lowest BCUT2D eigenvalue weighted by Crippen LogP contribution is -2.34. The molecular weight excluding hydrogens is 434 g/mol. The van der Waals surface area contributed by atoms with Gasteiger partial charge in [-0.15, -0.1) is 0 Å². The number of piperidine rings is 1. The Morgan fingerprint density at radius 2 is 1.77 bits per heavy atom. The SMILES string of the molecule is Cn1c2cc3ccccc3cc2c(=O)c2c(NCCN3CCCCC3)cc3c(c21)C=CC(C)(C)O3. The Hall–Kier alpha value is -3.31. The third-order valence-corrected chi connectivity index (χ3v) is 7.55. The number of aryl methyl sites for hydroxylation is 1. The van der Waals surface area contributed by atoms with Gasteiger partial charge < -0.3 is 19.5 Å². The Labute approximate surface area is 206 Å². The highest BCUT2D eigenvalue weighted by atomic mass is 16.5. The molecule has 0 unspecified atom stereocenters. The van der Waals surface area contributed by atoms with Crippen LogP contribution in [0.5, 0.6) is 5.75 Å². The molecule has 5 heteroatoms. The van der Waals surface area contributed by atoms with Crippen molar-refractivity contribution in [3.63, 3.8) is 0 Å². The van der Waals surface area contributed by atoms with Gasteiger partial charge in [0.25, 0.3) is 0 Å². The van der Waals surface area contributed by atoms with Gasteiger partial charge in [0, 0.05) is 37.2 Å². The van der Waals surface area contributed by atoms with Crippen molar-refractivity contribution in [1.29, 1.82) is 0 Å². The summed E-state index contributed by atoms with van der Waals surface area (Å²) in [5.74, 6) is 0.820. The molecule has 1 N–H and O–H groups in total. The smallest absolute Gasteiger partial charge is 0.199 e. The van der Waals surface area contributed by atoms with Crippen LogP contribution in [0.4, 0.5) is 5.69 Å². The van der Waals surface area contributed by atoms with Gasteiger partial charge in [-0.1, -0.05) is 30.7 Å².